The van der Waals surface area contributed by atoms with Crippen LogP contribution in [-0.4, -0.2) is 36.5 Å². The van der Waals surface area contributed by atoms with Gasteiger partial charge in [-0.1, -0.05) is 32.0 Å². The molecule has 0 radical (unpaired) electrons. The van der Waals surface area contributed by atoms with Gasteiger partial charge in [-0.2, -0.15) is 0 Å². The normalized spacial score (nSPS) is 16.1. The molecule has 1 atom stereocenters. The van der Waals surface area contributed by atoms with Crippen molar-refractivity contribution in [3.63, 3.8) is 0 Å². The van der Waals surface area contributed by atoms with Gasteiger partial charge in [-0.25, -0.2) is 4.79 Å². The molecule has 0 saturated heterocycles. The molecule has 162 valence electrons. The second kappa shape index (κ2) is 9.04. The van der Waals surface area contributed by atoms with Gasteiger partial charge in [0.25, 0.3) is 5.91 Å². The Morgan fingerprint density at radius 1 is 1.13 bits per heavy atom. The number of amides is 1. The zero-order valence-electron chi connectivity index (χ0n) is 17.9. The standard InChI is InChI=1S/C24H25NO6/c1-5-31-24(29)16-7-6-8-17(13-16)25-20(15-9-11-18(30-4)12-10-15)19(21(26)14(2)3)22(27)23(25)28/h6-14,20,27H,5H2,1-4H3. The first-order chi connectivity index (χ1) is 14.8. The Bertz CT molecular complexity index is 1040. The first kappa shape index (κ1) is 22.1. The number of ketones is 1. The largest absolute Gasteiger partial charge is 0.503 e. The minimum absolute atomic E-state index is 0.0340. The van der Waals surface area contributed by atoms with Crippen LogP contribution in [0.5, 0.6) is 5.75 Å². The van der Waals surface area contributed by atoms with Crippen molar-refractivity contribution in [2.75, 3.05) is 18.6 Å². The van der Waals surface area contributed by atoms with Crippen molar-refractivity contribution in [3.8, 4) is 5.75 Å². The van der Waals surface area contributed by atoms with E-state index < -0.39 is 29.6 Å². The van der Waals surface area contributed by atoms with E-state index in [4.69, 9.17) is 9.47 Å². The highest BCUT2D eigenvalue weighted by Gasteiger charge is 2.44. The fraction of sp³-hybridized carbons (Fsp3) is 0.292. The first-order valence-electron chi connectivity index (χ1n) is 10.0. The third-order valence-electron chi connectivity index (χ3n) is 5.06. The number of hydrogen-bond acceptors (Lipinski definition) is 6. The summed E-state index contributed by atoms with van der Waals surface area (Å²) in [5, 5.41) is 10.7. The molecule has 0 saturated carbocycles. The summed E-state index contributed by atoms with van der Waals surface area (Å²) in [6, 6.07) is 12.5. The van der Waals surface area contributed by atoms with Crippen molar-refractivity contribution in [2.45, 2.75) is 26.8 Å². The number of anilines is 1. The predicted molar refractivity (Wildman–Crippen MR) is 115 cm³/mol. The summed E-state index contributed by atoms with van der Waals surface area (Å²) in [5.41, 5.74) is 1.30. The summed E-state index contributed by atoms with van der Waals surface area (Å²) < 4.78 is 10.3. The van der Waals surface area contributed by atoms with Crippen LogP contribution >= 0.6 is 0 Å². The molecule has 31 heavy (non-hydrogen) atoms. The van der Waals surface area contributed by atoms with Crippen LogP contribution in [0.25, 0.3) is 0 Å². The van der Waals surface area contributed by atoms with Crippen molar-refractivity contribution < 1.29 is 29.0 Å². The Morgan fingerprint density at radius 2 is 1.81 bits per heavy atom. The van der Waals surface area contributed by atoms with Gasteiger partial charge in [-0.05, 0) is 42.8 Å². The van der Waals surface area contributed by atoms with Gasteiger partial charge in [-0.15, -0.1) is 0 Å². The van der Waals surface area contributed by atoms with Gasteiger partial charge in [0.15, 0.2) is 11.5 Å². The molecule has 1 aliphatic heterocycles. The number of aliphatic hydroxyl groups is 1. The van der Waals surface area contributed by atoms with Gasteiger partial charge in [0, 0.05) is 11.6 Å². The molecule has 1 heterocycles. The van der Waals surface area contributed by atoms with Crippen LogP contribution in [0.2, 0.25) is 0 Å². The molecule has 3 rings (SSSR count). The molecule has 7 nitrogen and oxygen atoms in total. The molecule has 0 aromatic heterocycles. The Morgan fingerprint density at radius 3 is 2.39 bits per heavy atom. The summed E-state index contributed by atoms with van der Waals surface area (Å²) in [6.45, 7) is 5.34. The van der Waals surface area contributed by atoms with Gasteiger partial charge < -0.3 is 14.6 Å². The lowest BCUT2D eigenvalue weighted by Gasteiger charge is -2.27. The van der Waals surface area contributed by atoms with Crippen molar-refractivity contribution >= 4 is 23.3 Å². The maximum Gasteiger partial charge on any atom is 0.338 e. The molecule has 7 heteroatoms. The van der Waals surface area contributed by atoms with Crippen LogP contribution in [0, 0.1) is 5.92 Å². The third kappa shape index (κ3) is 4.17. The number of Topliss-reactive ketones (excluding diaryl/α,β-unsaturated/α-hetero) is 1. The van der Waals surface area contributed by atoms with Crippen molar-refractivity contribution in [2.24, 2.45) is 5.92 Å². The molecule has 1 aliphatic rings. The number of carbonyl (C=O) groups is 3. The van der Waals surface area contributed by atoms with E-state index in [2.05, 4.69) is 0 Å². The van der Waals surface area contributed by atoms with E-state index in [9.17, 15) is 19.5 Å². The lowest BCUT2D eigenvalue weighted by molar-refractivity contribution is -0.119. The predicted octanol–water partition coefficient (Wildman–Crippen LogP) is 4.00. The lowest BCUT2D eigenvalue weighted by atomic mass is 9.91. The third-order valence-corrected chi connectivity index (χ3v) is 5.06. The van der Waals surface area contributed by atoms with E-state index in [1.165, 1.54) is 11.0 Å². The van der Waals surface area contributed by atoms with Gasteiger partial charge in [0.05, 0.1) is 30.9 Å². The van der Waals surface area contributed by atoms with E-state index in [1.807, 2.05) is 0 Å². The second-order valence-corrected chi connectivity index (χ2v) is 7.40. The molecule has 2 aromatic rings. The SMILES string of the molecule is CCOC(=O)c1cccc(N2C(=O)C(O)=C(C(=O)C(C)C)C2c2ccc(OC)cc2)c1. The van der Waals surface area contributed by atoms with Crippen LogP contribution in [0.3, 0.4) is 0 Å². The van der Waals surface area contributed by atoms with Gasteiger partial charge in [0.2, 0.25) is 0 Å². The molecule has 1 amide bonds. The topological polar surface area (TPSA) is 93.1 Å². The highest BCUT2D eigenvalue weighted by atomic mass is 16.5. The molecule has 0 spiro atoms. The number of methoxy groups -OCH3 is 1. The number of esters is 1. The smallest absolute Gasteiger partial charge is 0.338 e. The van der Waals surface area contributed by atoms with Crippen LogP contribution in [0.1, 0.15) is 42.7 Å². The number of rotatable bonds is 7. The maximum absolute atomic E-state index is 13.1. The molecule has 0 aliphatic carbocycles. The van der Waals surface area contributed by atoms with E-state index in [0.29, 0.717) is 17.0 Å². The maximum atomic E-state index is 13.1. The molecule has 2 aromatic carbocycles. The summed E-state index contributed by atoms with van der Waals surface area (Å²) in [7, 11) is 1.54. The van der Waals surface area contributed by atoms with Crippen molar-refractivity contribution in [1.29, 1.82) is 0 Å². The van der Waals surface area contributed by atoms with E-state index in [1.54, 1.807) is 70.3 Å². The molecule has 1 N–H and O–H groups in total. The fourth-order valence-electron chi connectivity index (χ4n) is 3.53. The van der Waals surface area contributed by atoms with E-state index >= 15 is 0 Å². The summed E-state index contributed by atoms with van der Waals surface area (Å²) in [5.74, 6) is -1.93. The Hall–Kier alpha value is -3.61. The second-order valence-electron chi connectivity index (χ2n) is 7.40. The van der Waals surface area contributed by atoms with Crippen molar-refractivity contribution in [1.82, 2.24) is 0 Å². The Kier molecular flexibility index (Phi) is 6.44. The number of ether oxygens (including phenoxy) is 2. The number of aliphatic hydroxyl groups excluding tert-OH is 1. The van der Waals surface area contributed by atoms with Crippen LogP contribution in [0.4, 0.5) is 5.69 Å². The summed E-state index contributed by atoms with van der Waals surface area (Å²) in [6.07, 6.45) is 0. The van der Waals surface area contributed by atoms with Crippen LogP contribution in [-0.2, 0) is 14.3 Å². The van der Waals surface area contributed by atoms with Crippen LogP contribution in [0.15, 0.2) is 59.9 Å². The molecule has 0 fully saturated rings. The Balaban J connectivity index is 2.14. The first-order valence-corrected chi connectivity index (χ1v) is 10.0. The van der Waals surface area contributed by atoms with Gasteiger partial charge in [0.1, 0.15) is 5.75 Å². The Labute approximate surface area is 180 Å². The molecular formula is C24H25NO6. The quantitative estimate of drug-likeness (QED) is 0.677. The molecule has 1 unspecified atom stereocenters. The molecule has 0 bridgehead atoms. The number of nitrogens with zero attached hydrogens (tertiary/aromatic N) is 1. The minimum Gasteiger partial charge on any atom is -0.503 e. The summed E-state index contributed by atoms with van der Waals surface area (Å²) >= 11 is 0. The van der Waals surface area contributed by atoms with Gasteiger partial charge >= 0.3 is 5.97 Å². The minimum atomic E-state index is -0.842. The van der Waals surface area contributed by atoms with E-state index in [0.717, 1.165) is 0 Å². The monoisotopic (exact) mass is 423 g/mol. The highest BCUT2D eigenvalue weighted by Crippen LogP contribution is 2.42. The van der Waals surface area contributed by atoms with E-state index in [-0.39, 0.29) is 23.5 Å². The highest BCUT2D eigenvalue weighted by molar-refractivity contribution is 6.17. The summed E-state index contributed by atoms with van der Waals surface area (Å²) in [4.78, 5) is 39.5. The molecular weight excluding hydrogens is 398 g/mol. The average Bonchev–Trinajstić information content (AvgIpc) is 3.04. The average molecular weight is 423 g/mol. The van der Waals surface area contributed by atoms with Gasteiger partial charge in [-0.3, -0.25) is 14.5 Å². The van der Waals surface area contributed by atoms with Crippen molar-refractivity contribution in [3.05, 3.63) is 71.0 Å². The zero-order chi connectivity index (χ0) is 22.7. The number of benzene rings is 2. The number of carbonyl (C=O) groups excluding carboxylic acids is 3. The number of hydrogen-bond donors (Lipinski definition) is 1. The van der Waals surface area contributed by atoms with Crippen LogP contribution < -0.4 is 9.64 Å². The fourth-order valence-corrected chi connectivity index (χ4v) is 3.53. The zero-order valence-corrected chi connectivity index (χ0v) is 17.9. The lowest BCUT2D eigenvalue weighted by Crippen LogP contribution is -2.31.